The fourth-order valence-electron chi connectivity index (χ4n) is 2.29. The highest BCUT2D eigenvalue weighted by Gasteiger charge is 2.26. The van der Waals surface area contributed by atoms with Gasteiger partial charge in [-0.15, -0.1) is 0 Å². The number of nitrogens with one attached hydrogen (secondary N) is 1. The van der Waals surface area contributed by atoms with Crippen LogP contribution in [0, 0.1) is 0 Å². The van der Waals surface area contributed by atoms with Gasteiger partial charge in [0.15, 0.2) is 0 Å². The molecule has 1 aliphatic rings. The number of hydrogen-bond acceptors (Lipinski definition) is 4. The van der Waals surface area contributed by atoms with Crippen LogP contribution in [-0.2, 0) is 14.8 Å². The zero-order valence-electron chi connectivity index (χ0n) is 11.8. The molecule has 0 saturated carbocycles. The van der Waals surface area contributed by atoms with Crippen molar-refractivity contribution in [3.8, 4) is 0 Å². The van der Waals surface area contributed by atoms with Crippen molar-refractivity contribution in [2.24, 2.45) is 0 Å². The molecule has 2 rings (SSSR count). The summed E-state index contributed by atoms with van der Waals surface area (Å²) in [7, 11) is -3.79. The molecule has 0 aliphatic carbocycles. The molecule has 1 aliphatic heterocycles. The van der Waals surface area contributed by atoms with E-state index in [1.807, 2.05) is 0 Å². The quantitative estimate of drug-likeness (QED) is 0.846. The highest BCUT2D eigenvalue weighted by Crippen LogP contribution is 2.14. The van der Waals surface area contributed by atoms with E-state index < -0.39 is 16.1 Å². The van der Waals surface area contributed by atoms with Gasteiger partial charge in [0.25, 0.3) is 0 Å². The smallest absolute Gasteiger partial charge is 0.241 e. The Labute approximate surface area is 129 Å². The summed E-state index contributed by atoms with van der Waals surface area (Å²) in [4.78, 5) is 17.7. The Kier molecular flexibility index (Phi) is 5.18. The van der Waals surface area contributed by atoms with Crippen LogP contribution in [0.3, 0.4) is 0 Å². The number of amides is 1. The molecule has 21 heavy (non-hydrogen) atoms. The Morgan fingerprint density at radius 3 is 2.67 bits per heavy atom. The molecule has 1 amide bonds. The number of carbonyl (C=O) groups is 1. The number of nitrogens with zero attached hydrogens (tertiary/aromatic N) is 2. The molecule has 0 spiro atoms. The third-order valence-corrected chi connectivity index (χ3v) is 5.12. The predicted molar refractivity (Wildman–Crippen MR) is 79.5 cm³/mol. The number of rotatable bonds is 4. The van der Waals surface area contributed by atoms with Gasteiger partial charge in [0.05, 0.1) is 10.9 Å². The van der Waals surface area contributed by atoms with Gasteiger partial charge in [0, 0.05) is 19.3 Å². The average molecular weight is 332 g/mol. The van der Waals surface area contributed by atoms with Gasteiger partial charge < -0.3 is 4.90 Å². The fourth-order valence-corrected chi connectivity index (χ4v) is 3.74. The van der Waals surface area contributed by atoms with E-state index in [0.29, 0.717) is 13.1 Å². The van der Waals surface area contributed by atoms with Crippen LogP contribution in [0.1, 0.15) is 26.2 Å². The minimum absolute atomic E-state index is 0.000735. The van der Waals surface area contributed by atoms with E-state index in [1.54, 1.807) is 11.8 Å². The summed E-state index contributed by atoms with van der Waals surface area (Å²) in [5, 5.41) is 0.0906. The van der Waals surface area contributed by atoms with Crippen LogP contribution >= 0.6 is 11.6 Å². The maximum Gasteiger partial charge on any atom is 0.241 e. The Balaban J connectivity index is 2.07. The molecule has 1 aromatic rings. The topological polar surface area (TPSA) is 79.4 Å². The Bertz CT molecular complexity index is 615. The molecule has 1 fully saturated rings. The minimum atomic E-state index is -3.79. The van der Waals surface area contributed by atoms with Crippen LogP contribution in [0.25, 0.3) is 0 Å². The molecular weight excluding hydrogens is 314 g/mol. The van der Waals surface area contributed by atoms with E-state index in [9.17, 15) is 13.2 Å². The third-order valence-electron chi connectivity index (χ3n) is 3.38. The van der Waals surface area contributed by atoms with Crippen molar-refractivity contribution < 1.29 is 13.2 Å². The minimum Gasteiger partial charge on any atom is -0.341 e. The molecule has 8 heteroatoms. The summed E-state index contributed by atoms with van der Waals surface area (Å²) >= 11 is 5.69. The van der Waals surface area contributed by atoms with E-state index in [1.165, 1.54) is 18.3 Å². The normalized spacial score (nSPS) is 17.5. The van der Waals surface area contributed by atoms with Crippen LogP contribution in [0.5, 0.6) is 0 Å². The van der Waals surface area contributed by atoms with Crippen molar-refractivity contribution in [2.45, 2.75) is 37.1 Å². The van der Waals surface area contributed by atoms with Gasteiger partial charge in [-0.25, -0.2) is 13.4 Å². The molecule has 1 saturated heterocycles. The van der Waals surface area contributed by atoms with Crippen molar-refractivity contribution in [1.82, 2.24) is 14.6 Å². The Morgan fingerprint density at radius 1 is 1.38 bits per heavy atom. The number of halogens is 1. The van der Waals surface area contributed by atoms with Crippen LogP contribution in [0.2, 0.25) is 5.15 Å². The van der Waals surface area contributed by atoms with Gasteiger partial charge in [0.2, 0.25) is 15.9 Å². The first-order chi connectivity index (χ1) is 9.90. The van der Waals surface area contributed by atoms with Crippen LogP contribution in [0.15, 0.2) is 23.2 Å². The van der Waals surface area contributed by atoms with Gasteiger partial charge in [0.1, 0.15) is 5.15 Å². The highest BCUT2D eigenvalue weighted by atomic mass is 35.5. The number of sulfonamides is 1. The fraction of sp³-hybridized carbons (Fsp3) is 0.538. The first kappa shape index (κ1) is 16.2. The molecule has 1 aromatic heterocycles. The first-order valence-electron chi connectivity index (χ1n) is 6.83. The van der Waals surface area contributed by atoms with Gasteiger partial charge in [-0.1, -0.05) is 11.6 Å². The standard InChI is InChI=1S/C13H18ClN3O3S/c1-10(13(18)17-7-3-2-4-8-17)16-21(19,20)11-5-6-15-12(14)9-11/h5-6,9-10,16H,2-4,7-8H2,1H3. The average Bonchev–Trinajstić information content (AvgIpc) is 2.47. The molecule has 1 unspecified atom stereocenters. The Morgan fingerprint density at radius 2 is 2.05 bits per heavy atom. The molecule has 6 nitrogen and oxygen atoms in total. The van der Waals surface area contributed by atoms with Gasteiger partial charge in [-0.05, 0) is 38.3 Å². The monoisotopic (exact) mass is 331 g/mol. The van der Waals surface area contributed by atoms with E-state index in [4.69, 9.17) is 11.6 Å². The zero-order chi connectivity index (χ0) is 15.5. The summed E-state index contributed by atoms with van der Waals surface area (Å²) in [5.41, 5.74) is 0. The van der Waals surface area contributed by atoms with Crippen molar-refractivity contribution in [3.05, 3.63) is 23.5 Å². The lowest BCUT2D eigenvalue weighted by molar-refractivity contribution is -0.133. The number of likely N-dealkylation sites (tertiary alicyclic amines) is 1. The molecule has 1 N–H and O–H groups in total. The van der Waals surface area contributed by atoms with Gasteiger partial charge in [-0.2, -0.15) is 4.72 Å². The number of hydrogen-bond donors (Lipinski definition) is 1. The van der Waals surface area contributed by atoms with E-state index in [0.717, 1.165) is 19.3 Å². The number of piperidine rings is 1. The summed E-state index contributed by atoms with van der Waals surface area (Å²) in [5.74, 6) is -0.196. The number of pyridine rings is 1. The largest absolute Gasteiger partial charge is 0.341 e. The maximum absolute atomic E-state index is 12.2. The molecular formula is C13H18ClN3O3S. The summed E-state index contributed by atoms with van der Waals surface area (Å²) < 4.78 is 26.8. The van der Waals surface area contributed by atoms with Crippen LogP contribution in [0.4, 0.5) is 0 Å². The van der Waals surface area contributed by atoms with E-state index >= 15 is 0 Å². The second-order valence-electron chi connectivity index (χ2n) is 5.04. The molecule has 2 heterocycles. The Hall–Kier alpha value is -1.18. The second-order valence-corrected chi connectivity index (χ2v) is 7.14. The van der Waals surface area contributed by atoms with Crippen molar-refractivity contribution >= 4 is 27.5 Å². The molecule has 0 aromatic carbocycles. The summed E-state index contributed by atoms with van der Waals surface area (Å²) in [6, 6.07) is 1.79. The lowest BCUT2D eigenvalue weighted by atomic mass is 10.1. The van der Waals surface area contributed by atoms with Crippen molar-refractivity contribution in [1.29, 1.82) is 0 Å². The lowest BCUT2D eigenvalue weighted by Crippen LogP contribution is -2.48. The second kappa shape index (κ2) is 6.72. The van der Waals surface area contributed by atoms with Crippen LogP contribution < -0.4 is 4.72 Å². The lowest BCUT2D eigenvalue weighted by Gasteiger charge is -2.29. The highest BCUT2D eigenvalue weighted by molar-refractivity contribution is 7.89. The first-order valence-corrected chi connectivity index (χ1v) is 8.69. The van der Waals surface area contributed by atoms with Gasteiger partial charge in [-0.3, -0.25) is 4.79 Å². The van der Waals surface area contributed by atoms with E-state index in [2.05, 4.69) is 9.71 Å². The number of carbonyl (C=O) groups excluding carboxylic acids is 1. The van der Waals surface area contributed by atoms with E-state index in [-0.39, 0.29) is 16.0 Å². The third kappa shape index (κ3) is 4.15. The molecule has 0 radical (unpaired) electrons. The summed E-state index contributed by atoms with van der Waals surface area (Å²) in [6.45, 7) is 2.93. The molecule has 1 atom stereocenters. The zero-order valence-corrected chi connectivity index (χ0v) is 13.3. The molecule has 116 valence electrons. The number of aromatic nitrogens is 1. The molecule has 0 bridgehead atoms. The van der Waals surface area contributed by atoms with Gasteiger partial charge >= 0.3 is 0 Å². The SMILES string of the molecule is CC(NS(=O)(=O)c1ccnc(Cl)c1)C(=O)N1CCCCC1. The van der Waals surface area contributed by atoms with Crippen LogP contribution in [-0.4, -0.2) is 43.3 Å². The predicted octanol–water partition coefficient (Wildman–Crippen LogP) is 1.41. The van der Waals surface area contributed by atoms with Crippen molar-refractivity contribution in [2.75, 3.05) is 13.1 Å². The maximum atomic E-state index is 12.2. The van der Waals surface area contributed by atoms with Crippen molar-refractivity contribution in [3.63, 3.8) is 0 Å². The summed E-state index contributed by atoms with van der Waals surface area (Å²) in [6.07, 6.45) is 4.35.